The minimum atomic E-state index is -0.152. The summed E-state index contributed by atoms with van der Waals surface area (Å²) in [7, 11) is 1.44. The van der Waals surface area contributed by atoms with Crippen molar-refractivity contribution in [3.8, 4) is 6.07 Å². The van der Waals surface area contributed by atoms with Gasteiger partial charge in [0, 0.05) is 19.1 Å². The molecule has 0 aromatic rings. The molecule has 2 aliphatic rings. The van der Waals surface area contributed by atoms with E-state index in [0.717, 1.165) is 25.4 Å². The van der Waals surface area contributed by atoms with Gasteiger partial charge in [-0.15, -0.1) is 0 Å². The van der Waals surface area contributed by atoms with E-state index in [1.54, 1.807) is 0 Å². The maximum Gasteiger partial charge on any atom is 0.310 e. The SMILES string of the molecule is COC(=O)C1CC(NCC2CCCC2)CN(CC#N)C1. The number of nitrogens with one attached hydrogen (secondary N) is 1. The van der Waals surface area contributed by atoms with Crippen LogP contribution in [0.15, 0.2) is 0 Å². The van der Waals surface area contributed by atoms with E-state index in [2.05, 4.69) is 16.3 Å². The number of carbonyl (C=O) groups excluding carboxylic acids is 1. The Morgan fingerprint density at radius 1 is 1.40 bits per heavy atom. The van der Waals surface area contributed by atoms with E-state index in [0.29, 0.717) is 19.1 Å². The monoisotopic (exact) mass is 279 g/mol. The van der Waals surface area contributed by atoms with Crippen molar-refractivity contribution >= 4 is 5.97 Å². The lowest BCUT2D eigenvalue weighted by atomic mass is 9.93. The molecular weight excluding hydrogens is 254 g/mol. The molecule has 1 saturated heterocycles. The van der Waals surface area contributed by atoms with Crippen LogP contribution in [0.5, 0.6) is 0 Å². The third-order valence-electron chi connectivity index (χ3n) is 4.52. The summed E-state index contributed by atoms with van der Waals surface area (Å²) in [6, 6.07) is 2.47. The van der Waals surface area contributed by atoms with Crippen LogP contribution in [0, 0.1) is 23.2 Å². The van der Waals surface area contributed by atoms with Crippen LogP contribution in [-0.4, -0.2) is 50.2 Å². The summed E-state index contributed by atoms with van der Waals surface area (Å²) >= 11 is 0. The highest BCUT2D eigenvalue weighted by molar-refractivity contribution is 5.72. The Labute approximate surface area is 121 Å². The second kappa shape index (κ2) is 7.61. The van der Waals surface area contributed by atoms with Crippen LogP contribution in [0.1, 0.15) is 32.1 Å². The molecule has 0 radical (unpaired) electrons. The number of methoxy groups -OCH3 is 1. The average Bonchev–Trinajstić information content (AvgIpc) is 2.97. The van der Waals surface area contributed by atoms with Crippen molar-refractivity contribution in [3.63, 3.8) is 0 Å². The highest BCUT2D eigenvalue weighted by Crippen LogP contribution is 2.25. The number of esters is 1. The Kier molecular flexibility index (Phi) is 5.81. The molecule has 1 saturated carbocycles. The van der Waals surface area contributed by atoms with Gasteiger partial charge in [-0.2, -0.15) is 5.26 Å². The molecule has 5 nitrogen and oxygen atoms in total. The summed E-state index contributed by atoms with van der Waals surface area (Å²) < 4.78 is 4.87. The molecule has 1 N–H and O–H groups in total. The number of likely N-dealkylation sites (tertiary alicyclic amines) is 1. The molecule has 112 valence electrons. The van der Waals surface area contributed by atoms with E-state index < -0.39 is 0 Å². The predicted octanol–water partition coefficient (Wildman–Crippen LogP) is 1.15. The smallest absolute Gasteiger partial charge is 0.310 e. The average molecular weight is 279 g/mol. The van der Waals surface area contributed by atoms with E-state index in [4.69, 9.17) is 10.00 Å². The molecule has 20 heavy (non-hydrogen) atoms. The van der Waals surface area contributed by atoms with E-state index in [1.807, 2.05) is 0 Å². The van der Waals surface area contributed by atoms with Crippen LogP contribution in [-0.2, 0) is 9.53 Å². The number of ether oxygens (including phenoxy) is 1. The van der Waals surface area contributed by atoms with Gasteiger partial charge >= 0.3 is 5.97 Å². The zero-order valence-electron chi connectivity index (χ0n) is 12.3. The first-order valence-electron chi connectivity index (χ1n) is 7.63. The minimum absolute atomic E-state index is 0.108. The van der Waals surface area contributed by atoms with Gasteiger partial charge in [-0.25, -0.2) is 0 Å². The van der Waals surface area contributed by atoms with Gasteiger partial charge in [0.25, 0.3) is 0 Å². The van der Waals surface area contributed by atoms with Gasteiger partial charge in [0.1, 0.15) is 0 Å². The lowest BCUT2D eigenvalue weighted by Crippen LogP contribution is -2.51. The molecule has 0 bridgehead atoms. The van der Waals surface area contributed by atoms with Crippen LogP contribution >= 0.6 is 0 Å². The number of hydrogen-bond donors (Lipinski definition) is 1. The van der Waals surface area contributed by atoms with E-state index in [-0.39, 0.29) is 11.9 Å². The Balaban J connectivity index is 1.85. The number of hydrogen-bond acceptors (Lipinski definition) is 5. The number of nitriles is 1. The normalized spacial score (nSPS) is 28.2. The highest BCUT2D eigenvalue weighted by Gasteiger charge is 2.32. The van der Waals surface area contributed by atoms with Crippen LogP contribution in [0.3, 0.4) is 0 Å². The molecular formula is C15H25N3O2. The summed E-state index contributed by atoms with van der Waals surface area (Å²) in [5.41, 5.74) is 0. The van der Waals surface area contributed by atoms with Gasteiger partial charge in [0.05, 0.1) is 25.6 Å². The molecule has 5 heteroatoms. The fourth-order valence-electron chi connectivity index (χ4n) is 3.45. The number of rotatable bonds is 5. The van der Waals surface area contributed by atoms with Crippen molar-refractivity contribution < 1.29 is 9.53 Å². The number of piperidine rings is 1. The van der Waals surface area contributed by atoms with Crippen molar-refractivity contribution in [1.29, 1.82) is 5.26 Å². The van der Waals surface area contributed by atoms with Gasteiger partial charge in [-0.05, 0) is 31.7 Å². The van der Waals surface area contributed by atoms with Gasteiger partial charge in [0.15, 0.2) is 0 Å². The quantitative estimate of drug-likeness (QED) is 0.604. The van der Waals surface area contributed by atoms with Gasteiger partial charge in [-0.1, -0.05) is 12.8 Å². The molecule has 0 aromatic carbocycles. The lowest BCUT2D eigenvalue weighted by Gasteiger charge is -2.36. The molecule has 2 unspecified atom stereocenters. The first-order chi connectivity index (χ1) is 9.72. The molecule has 0 aromatic heterocycles. The van der Waals surface area contributed by atoms with Gasteiger partial charge < -0.3 is 10.1 Å². The first kappa shape index (κ1) is 15.3. The minimum Gasteiger partial charge on any atom is -0.469 e. The number of nitrogens with zero attached hydrogens (tertiary/aromatic N) is 2. The van der Waals surface area contributed by atoms with Crippen molar-refractivity contribution in [2.45, 2.75) is 38.1 Å². The second-order valence-electron chi connectivity index (χ2n) is 6.06. The molecule has 2 rings (SSSR count). The van der Waals surface area contributed by atoms with E-state index in [1.165, 1.54) is 32.8 Å². The van der Waals surface area contributed by atoms with Crippen molar-refractivity contribution in [1.82, 2.24) is 10.2 Å². The summed E-state index contributed by atoms with van der Waals surface area (Å²) in [5.74, 6) is 0.529. The fourth-order valence-corrected chi connectivity index (χ4v) is 3.45. The van der Waals surface area contributed by atoms with E-state index >= 15 is 0 Å². The summed E-state index contributed by atoms with van der Waals surface area (Å²) in [5, 5.41) is 12.5. The van der Waals surface area contributed by atoms with Gasteiger partial charge in [-0.3, -0.25) is 9.69 Å². The molecule has 2 fully saturated rings. The van der Waals surface area contributed by atoms with Crippen LogP contribution < -0.4 is 5.32 Å². The fraction of sp³-hybridized carbons (Fsp3) is 0.867. The highest BCUT2D eigenvalue weighted by atomic mass is 16.5. The summed E-state index contributed by atoms with van der Waals surface area (Å²) in [6.07, 6.45) is 6.16. The van der Waals surface area contributed by atoms with Crippen LogP contribution in [0.4, 0.5) is 0 Å². The van der Waals surface area contributed by atoms with E-state index in [9.17, 15) is 4.79 Å². The molecule has 1 aliphatic carbocycles. The zero-order chi connectivity index (χ0) is 14.4. The maximum atomic E-state index is 11.8. The second-order valence-corrected chi connectivity index (χ2v) is 6.06. The predicted molar refractivity (Wildman–Crippen MR) is 75.9 cm³/mol. The molecule has 2 atom stereocenters. The number of carbonyl (C=O) groups is 1. The Bertz CT molecular complexity index is 361. The van der Waals surface area contributed by atoms with Crippen molar-refractivity contribution in [2.24, 2.45) is 11.8 Å². The van der Waals surface area contributed by atoms with Crippen LogP contribution in [0.25, 0.3) is 0 Å². The zero-order valence-corrected chi connectivity index (χ0v) is 12.3. The largest absolute Gasteiger partial charge is 0.469 e. The van der Waals surface area contributed by atoms with Gasteiger partial charge in [0.2, 0.25) is 0 Å². The molecule has 0 amide bonds. The maximum absolute atomic E-state index is 11.8. The van der Waals surface area contributed by atoms with Crippen LogP contribution in [0.2, 0.25) is 0 Å². The third-order valence-corrected chi connectivity index (χ3v) is 4.52. The Morgan fingerprint density at radius 3 is 2.80 bits per heavy atom. The van der Waals surface area contributed by atoms with Crippen molar-refractivity contribution in [2.75, 3.05) is 33.3 Å². The summed E-state index contributed by atoms with van der Waals surface area (Å²) in [4.78, 5) is 13.8. The Hall–Kier alpha value is -1.12. The lowest BCUT2D eigenvalue weighted by molar-refractivity contribution is -0.147. The molecule has 0 spiro atoms. The standard InChI is InChI=1S/C15H25N3O2/c1-20-15(19)13-8-14(11-18(10-13)7-6-16)17-9-12-4-2-3-5-12/h12-14,17H,2-5,7-11H2,1H3. The third kappa shape index (κ3) is 4.19. The molecule has 1 aliphatic heterocycles. The topological polar surface area (TPSA) is 65.4 Å². The Morgan fingerprint density at radius 2 is 2.15 bits per heavy atom. The van der Waals surface area contributed by atoms with Crippen molar-refractivity contribution in [3.05, 3.63) is 0 Å². The molecule has 1 heterocycles. The summed E-state index contributed by atoms with van der Waals surface area (Å²) in [6.45, 7) is 2.92. The first-order valence-corrected chi connectivity index (χ1v) is 7.63.